The number of carbonyl (C=O) groups excluding carboxylic acids is 1. The van der Waals surface area contributed by atoms with E-state index in [9.17, 15) is 4.79 Å². The summed E-state index contributed by atoms with van der Waals surface area (Å²) in [6.45, 7) is 2.89. The largest absolute Gasteiger partial charge is 0.425 e. The quantitative estimate of drug-likeness (QED) is 0.793. The topological polar surface area (TPSA) is 77.7 Å². The third-order valence-corrected chi connectivity index (χ3v) is 5.05. The van der Waals surface area contributed by atoms with Crippen LogP contribution in [-0.4, -0.2) is 61.0 Å². The maximum absolute atomic E-state index is 12.1. The molecule has 1 saturated carbocycles. The van der Waals surface area contributed by atoms with Gasteiger partial charge in [-0.1, -0.05) is 0 Å². The minimum atomic E-state index is -0.0866. The van der Waals surface area contributed by atoms with E-state index in [-0.39, 0.29) is 17.9 Å². The SMILES string of the molecule is COCC(=O)N1C[C@@H]2COC[C@]2(Cc2nnc(C3CC3)o2)C1. The van der Waals surface area contributed by atoms with E-state index in [1.54, 1.807) is 7.11 Å². The average Bonchev–Trinajstić information content (AvgIpc) is 2.96. The number of hydrogen-bond donors (Lipinski definition) is 0. The van der Waals surface area contributed by atoms with Crippen molar-refractivity contribution in [3.8, 4) is 0 Å². The van der Waals surface area contributed by atoms with Gasteiger partial charge in [-0.25, -0.2) is 0 Å². The highest BCUT2D eigenvalue weighted by Gasteiger charge is 2.52. The number of amides is 1. The zero-order chi connectivity index (χ0) is 15.2. The van der Waals surface area contributed by atoms with Gasteiger partial charge in [0.25, 0.3) is 0 Å². The maximum Gasteiger partial charge on any atom is 0.248 e. The molecule has 1 aliphatic carbocycles. The fourth-order valence-corrected chi connectivity index (χ4v) is 3.62. The van der Waals surface area contributed by atoms with Gasteiger partial charge in [-0.3, -0.25) is 4.79 Å². The first kappa shape index (κ1) is 14.1. The smallest absolute Gasteiger partial charge is 0.248 e. The second-order valence-electron chi connectivity index (χ2n) is 6.77. The third kappa shape index (κ3) is 2.42. The molecule has 22 heavy (non-hydrogen) atoms. The molecule has 7 heteroatoms. The van der Waals surface area contributed by atoms with Gasteiger partial charge in [0.2, 0.25) is 17.7 Å². The molecular weight excluding hydrogens is 286 g/mol. The molecule has 3 heterocycles. The standard InChI is InChI=1S/C15H21N3O4/c1-20-7-13(19)18-5-11-6-21-9-15(11,8-18)4-12-16-17-14(22-12)10-2-3-10/h10-11H,2-9H2,1H3/t11-,15+/m1/s1. The molecule has 3 aliphatic rings. The minimum Gasteiger partial charge on any atom is -0.425 e. The van der Waals surface area contributed by atoms with Gasteiger partial charge in [-0.05, 0) is 12.8 Å². The lowest BCUT2D eigenvalue weighted by Crippen LogP contribution is -2.36. The Labute approximate surface area is 129 Å². The summed E-state index contributed by atoms with van der Waals surface area (Å²) in [6.07, 6.45) is 2.99. The third-order valence-electron chi connectivity index (χ3n) is 5.05. The highest BCUT2D eigenvalue weighted by atomic mass is 16.5. The van der Waals surface area contributed by atoms with Gasteiger partial charge in [0.15, 0.2) is 0 Å². The summed E-state index contributed by atoms with van der Waals surface area (Å²) in [4.78, 5) is 14.0. The Morgan fingerprint density at radius 3 is 3.09 bits per heavy atom. The predicted molar refractivity (Wildman–Crippen MR) is 75.2 cm³/mol. The molecule has 1 aromatic heterocycles. The van der Waals surface area contributed by atoms with Crippen LogP contribution >= 0.6 is 0 Å². The number of aromatic nitrogens is 2. The highest BCUT2D eigenvalue weighted by molar-refractivity contribution is 5.77. The van der Waals surface area contributed by atoms with Gasteiger partial charge >= 0.3 is 0 Å². The van der Waals surface area contributed by atoms with Crippen LogP contribution < -0.4 is 0 Å². The molecule has 2 aliphatic heterocycles. The van der Waals surface area contributed by atoms with Gasteiger partial charge < -0.3 is 18.8 Å². The molecule has 0 spiro atoms. The van der Waals surface area contributed by atoms with E-state index in [2.05, 4.69) is 10.2 Å². The Morgan fingerprint density at radius 2 is 2.32 bits per heavy atom. The van der Waals surface area contributed by atoms with Crippen LogP contribution in [0.3, 0.4) is 0 Å². The van der Waals surface area contributed by atoms with E-state index in [0.29, 0.717) is 43.9 Å². The second kappa shape index (κ2) is 5.31. The number of likely N-dealkylation sites (tertiary alicyclic amines) is 1. The lowest BCUT2D eigenvalue weighted by Gasteiger charge is -2.25. The van der Waals surface area contributed by atoms with Crippen LogP contribution in [0, 0.1) is 11.3 Å². The van der Waals surface area contributed by atoms with Crippen molar-refractivity contribution < 1.29 is 18.7 Å². The zero-order valence-electron chi connectivity index (χ0n) is 12.8. The van der Waals surface area contributed by atoms with E-state index in [1.807, 2.05) is 4.90 Å². The molecule has 4 rings (SSSR count). The van der Waals surface area contributed by atoms with Crippen LogP contribution in [0.1, 0.15) is 30.5 Å². The first-order valence-corrected chi connectivity index (χ1v) is 7.87. The Balaban J connectivity index is 1.49. The van der Waals surface area contributed by atoms with Crippen molar-refractivity contribution in [1.82, 2.24) is 15.1 Å². The molecular formula is C15H21N3O4. The Bertz CT molecular complexity index is 571. The lowest BCUT2D eigenvalue weighted by atomic mass is 9.78. The van der Waals surface area contributed by atoms with E-state index >= 15 is 0 Å². The maximum atomic E-state index is 12.1. The first-order valence-electron chi connectivity index (χ1n) is 7.87. The fourth-order valence-electron chi connectivity index (χ4n) is 3.62. The van der Waals surface area contributed by atoms with Crippen LogP contribution in [0.15, 0.2) is 4.42 Å². The van der Waals surface area contributed by atoms with E-state index in [4.69, 9.17) is 13.9 Å². The fraction of sp³-hybridized carbons (Fsp3) is 0.800. The van der Waals surface area contributed by atoms with Crippen LogP contribution in [0.4, 0.5) is 0 Å². The molecule has 0 aromatic carbocycles. The monoisotopic (exact) mass is 307 g/mol. The summed E-state index contributed by atoms with van der Waals surface area (Å²) in [7, 11) is 1.55. The summed E-state index contributed by atoms with van der Waals surface area (Å²) < 4.78 is 16.5. The number of nitrogens with zero attached hydrogens (tertiary/aromatic N) is 3. The van der Waals surface area contributed by atoms with E-state index in [0.717, 1.165) is 25.3 Å². The highest BCUT2D eigenvalue weighted by Crippen LogP contribution is 2.44. The molecule has 120 valence electrons. The molecule has 1 amide bonds. The summed E-state index contributed by atoms with van der Waals surface area (Å²) in [5.74, 6) is 2.30. The van der Waals surface area contributed by atoms with Crippen LogP contribution in [0.2, 0.25) is 0 Å². The van der Waals surface area contributed by atoms with Crippen molar-refractivity contribution in [3.63, 3.8) is 0 Å². The van der Waals surface area contributed by atoms with Gasteiger partial charge in [-0.2, -0.15) is 0 Å². The molecule has 0 bridgehead atoms. The van der Waals surface area contributed by atoms with Gasteiger partial charge in [-0.15, -0.1) is 10.2 Å². The van der Waals surface area contributed by atoms with Gasteiger partial charge in [0, 0.05) is 43.9 Å². The van der Waals surface area contributed by atoms with Crippen LogP contribution in [-0.2, 0) is 20.7 Å². The molecule has 2 atom stereocenters. The summed E-state index contributed by atoms with van der Waals surface area (Å²) >= 11 is 0. The Morgan fingerprint density at radius 1 is 1.45 bits per heavy atom. The number of hydrogen-bond acceptors (Lipinski definition) is 6. The van der Waals surface area contributed by atoms with Crippen molar-refractivity contribution in [2.24, 2.45) is 11.3 Å². The summed E-state index contributed by atoms with van der Waals surface area (Å²) in [5.41, 5.74) is -0.0866. The molecule has 1 aromatic rings. The van der Waals surface area contributed by atoms with Crippen molar-refractivity contribution >= 4 is 5.91 Å². The van der Waals surface area contributed by atoms with E-state index < -0.39 is 0 Å². The Kier molecular flexibility index (Phi) is 3.41. The van der Waals surface area contributed by atoms with Gasteiger partial charge in [0.1, 0.15) is 6.61 Å². The van der Waals surface area contributed by atoms with Gasteiger partial charge in [0.05, 0.1) is 13.2 Å². The number of fused-ring (bicyclic) bond motifs is 1. The van der Waals surface area contributed by atoms with Crippen LogP contribution in [0.25, 0.3) is 0 Å². The number of rotatable bonds is 5. The minimum absolute atomic E-state index is 0.0421. The normalized spacial score (nSPS) is 30.8. The zero-order valence-corrected chi connectivity index (χ0v) is 12.8. The van der Waals surface area contributed by atoms with Crippen molar-refractivity contribution in [2.45, 2.75) is 25.2 Å². The van der Waals surface area contributed by atoms with Crippen molar-refractivity contribution in [1.29, 1.82) is 0 Å². The van der Waals surface area contributed by atoms with Crippen LogP contribution in [0.5, 0.6) is 0 Å². The molecule has 0 N–H and O–H groups in total. The molecule has 2 saturated heterocycles. The number of carbonyl (C=O) groups is 1. The number of ether oxygens (including phenoxy) is 2. The lowest BCUT2D eigenvalue weighted by molar-refractivity contribution is -0.134. The molecule has 7 nitrogen and oxygen atoms in total. The Hall–Kier alpha value is -1.47. The second-order valence-corrected chi connectivity index (χ2v) is 6.77. The molecule has 0 radical (unpaired) electrons. The molecule has 3 fully saturated rings. The van der Waals surface area contributed by atoms with Crippen molar-refractivity contribution in [3.05, 3.63) is 11.8 Å². The summed E-state index contributed by atoms with van der Waals surface area (Å²) in [5, 5.41) is 8.36. The first-order chi connectivity index (χ1) is 10.7. The average molecular weight is 307 g/mol. The molecule has 0 unspecified atom stereocenters. The van der Waals surface area contributed by atoms with E-state index in [1.165, 1.54) is 0 Å². The number of methoxy groups -OCH3 is 1. The summed E-state index contributed by atoms with van der Waals surface area (Å²) in [6, 6.07) is 0. The van der Waals surface area contributed by atoms with Crippen molar-refractivity contribution in [2.75, 3.05) is 40.0 Å². The predicted octanol–water partition coefficient (Wildman–Crippen LogP) is 0.611.